The van der Waals surface area contributed by atoms with Gasteiger partial charge in [0.1, 0.15) is 17.7 Å². The molecular formula is C26H34Cl2N4O7S2. The molecule has 0 bridgehead atoms. The number of piperidine rings is 1. The molecule has 1 aliphatic heterocycles. The molecule has 1 aliphatic rings. The minimum Gasteiger partial charge on any atom is -0.489 e. The first-order valence-electron chi connectivity index (χ1n) is 12.5. The Morgan fingerprint density at radius 3 is 2.41 bits per heavy atom. The number of nitrogens with one attached hydrogen (secondary N) is 1. The molecule has 2 aromatic carbocycles. The zero-order valence-electron chi connectivity index (χ0n) is 22.6. The van der Waals surface area contributed by atoms with Crippen LogP contribution >= 0.6 is 24.0 Å². The molecule has 1 atom stereocenters. The Morgan fingerprint density at radius 2 is 1.88 bits per heavy atom. The van der Waals surface area contributed by atoms with Crippen molar-refractivity contribution in [3.8, 4) is 5.75 Å². The van der Waals surface area contributed by atoms with Gasteiger partial charge in [-0.15, -0.1) is 12.4 Å². The maximum absolute atomic E-state index is 13.5. The van der Waals surface area contributed by atoms with Crippen molar-refractivity contribution in [2.45, 2.75) is 37.5 Å². The van der Waals surface area contributed by atoms with Gasteiger partial charge >= 0.3 is 5.97 Å². The van der Waals surface area contributed by atoms with Crippen LogP contribution in [0.4, 0.5) is 5.69 Å². The lowest BCUT2D eigenvalue weighted by molar-refractivity contribution is -0.136. The van der Waals surface area contributed by atoms with E-state index in [1.54, 1.807) is 36.4 Å². The summed E-state index contributed by atoms with van der Waals surface area (Å²) < 4.78 is 58.8. The SMILES string of the molecule is CCC(C(=O)O)S(=O)(=O)N(C/C=C/c1cccc(C(=N)N)c1)c1ccc(OC2CCN(S(C)(=O)=O)CC2)c(Cl)c1.Cl. The fraction of sp³-hybridized carbons (Fsp3) is 0.385. The highest BCUT2D eigenvalue weighted by Gasteiger charge is 2.36. The van der Waals surface area contributed by atoms with Crippen LogP contribution in [0.2, 0.25) is 5.02 Å². The number of amidine groups is 1. The first kappa shape index (κ1) is 34.4. The molecular weight excluding hydrogens is 615 g/mol. The summed E-state index contributed by atoms with van der Waals surface area (Å²) in [7, 11) is -7.63. The van der Waals surface area contributed by atoms with Crippen LogP contribution in [-0.2, 0) is 24.8 Å². The van der Waals surface area contributed by atoms with Gasteiger partial charge in [0.2, 0.25) is 20.0 Å². The molecule has 2 aromatic rings. The Bertz CT molecular complexity index is 1490. The number of carbonyl (C=O) groups is 1. The van der Waals surface area contributed by atoms with Crippen LogP contribution in [0.5, 0.6) is 5.75 Å². The lowest BCUT2D eigenvalue weighted by Gasteiger charge is -2.31. The van der Waals surface area contributed by atoms with Gasteiger partial charge in [-0.3, -0.25) is 14.5 Å². The third-order valence-electron chi connectivity index (χ3n) is 6.46. The maximum atomic E-state index is 13.5. The summed E-state index contributed by atoms with van der Waals surface area (Å²) in [5, 5.41) is 15.7. The number of ether oxygens (including phenoxy) is 1. The summed E-state index contributed by atoms with van der Waals surface area (Å²) in [4.78, 5) is 11.8. The lowest BCUT2D eigenvalue weighted by Crippen LogP contribution is -2.42. The number of anilines is 1. The number of halogens is 2. The van der Waals surface area contributed by atoms with E-state index in [1.807, 2.05) is 0 Å². The second kappa shape index (κ2) is 14.4. The summed E-state index contributed by atoms with van der Waals surface area (Å²) >= 11 is 6.48. The molecule has 4 N–H and O–H groups in total. The topological polar surface area (TPSA) is 171 Å². The third-order valence-corrected chi connectivity index (χ3v) is 10.3. The molecule has 226 valence electrons. The zero-order chi connectivity index (χ0) is 29.7. The number of hydrogen-bond donors (Lipinski definition) is 3. The smallest absolute Gasteiger partial charge is 0.323 e. The predicted octanol–water partition coefficient (Wildman–Crippen LogP) is 3.56. The Labute approximate surface area is 251 Å². The number of hydrogen-bond acceptors (Lipinski definition) is 7. The largest absolute Gasteiger partial charge is 0.489 e. The van der Waals surface area contributed by atoms with Crippen molar-refractivity contribution in [1.82, 2.24) is 4.31 Å². The quantitative estimate of drug-likeness (QED) is 0.231. The Kier molecular flexibility index (Phi) is 12.0. The van der Waals surface area contributed by atoms with E-state index in [0.717, 1.165) is 10.6 Å². The van der Waals surface area contributed by atoms with Crippen LogP contribution in [0.1, 0.15) is 37.3 Å². The van der Waals surface area contributed by atoms with E-state index < -0.39 is 31.3 Å². The monoisotopic (exact) mass is 648 g/mol. The van der Waals surface area contributed by atoms with Crippen LogP contribution in [-0.4, -0.2) is 75.3 Å². The number of carboxylic acid groups (broad SMARTS) is 1. The second-order valence-corrected chi connectivity index (χ2v) is 13.8. The second-order valence-electron chi connectivity index (χ2n) is 9.35. The molecule has 3 rings (SSSR count). The average Bonchev–Trinajstić information content (AvgIpc) is 2.87. The molecule has 15 heteroatoms. The number of benzene rings is 2. The molecule has 41 heavy (non-hydrogen) atoms. The third kappa shape index (κ3) is 8.82. The summed E-state index contributed by atoms with van der Waals surface area (Å²) in [6, 6.07) is 11.2. The van der Waals surface area contributed by atoms with Crippen LogP contribution in [0, 0.1) is 5.41 Å². The normalized spacial score (nSPS) is 15.7. The highest BCUT2D eigenvalue weighted by molar-refractivity contribution is 7.94. The number of carboxylic acids is 1. The molecule has 0 aliphatic carbocycles. The fourth-order valence-corrected chi connectivity index (χ4v) is 7.10. The Balaban J connectivity index is 0.00000588. The van der Waals surface area contributed by atoms with Crippen molar-refractivity contribution in [1.29, 1.82) is 5.41 Å². The van der Waals surface area contributed by atoms with E-state index in [4.69, 9.17) is 27.5 Å². The minimum atomic E-state index is -4.35. The average molecular weight is 650 g/mol. The van der Waals surface area contributed by atoms with Gasteiger partial charge < -0.3 is 15.6 Å². The van der Waals surface area contributed by atoms with E-state index >= 15 is 0 Å². The van der Waals surface area contributed by atoms with Gasteiger partial charge in [-0.05, 0) is 49.1 Å². The van der Waals surface area contributed by atoms with E-state index in [9.17, 15) is 26.7 Å². The van der Waals surface area contributed by atoms with Crippen molar-refractivity contribution in [2.24, 2.45) is 5.73 Å². The molecule has 1 saturated heterocycles. The summed E-state index contributed by atoms with van der Waals surface area (Å²) in [5.74, 6) is -1.26. The molecule has 0 aromatic heterocycles. The predicted molar refractivity (Wildman–Crippen MR) is 163 cm³/mol. The van der Waals surface area contributed by atoms with Crippen molar-refractivity contribution in [3.63, 3.8) is 0 Å². The lowest BCUT2D eigenvalue weighted by atomic mass is 10.1. The van der Waals surface area contributed by atoms with Crippen LogP contribution in [0.15, 0.2) is 48.5 Å². The summed E-state index contributed by atoms with van der Waals surface area (Å²) in [6.07, 6.45) is 4.91. The van der Waals surface area contributed by atoms with Crippen LogP contribution in [0.25, 0.3) is 6.08 Å². The summed E-state index contributed by atoms with van der Waals surface area (Å²) in [5.41, 5.74) is 6.89. The standard InChI is InChI=1S/C26H33ClN4O7S2.ClH/c1-3-24(26(32)33)40(36,37)31(13-5-7-18-6-4-8-19(16-18)25(28)29)20-9-10-23(22(27)17-20)38-21-11-14-30(15-12-21)39(2,34)35;/h4-10,16-17,21,24H,3,11-15H2,1-2H3,(H3,28,29)(H,32,33);1H/b7-5+;. The number of nitrogens with two attached hydrogens (primary N) is 1. The van der Waals surface area contributed by atoms with E-state index in [1.165, 1.54) is 29.4 Å². The van der Waals surface area contributed by atoms with Gasteiger partial charge in [0, 0.05) is 18.7 Å². The van der Waals surface area contributed by atoms with Gasteiger partial charge in [-0.1, -0.05) is 48.9 Å². The molecule has 0 saturated carbocycles. The van der Waals surface area contributed by atoms with Gasteiger partial charge in [0.25, 0.3) is 0 Å². The number of rotatable bonds is 12. The molecule has 1 unspecified atom stereocenters. The number of nitrogen functional groups attached to an aromatic ring is 1. The van der Waals surface area contributed by atoms with Crippen molar-refractivity contribution >= 4 is 67.6 Å². The van der Waals surface area contributed by atoms with Gasteiger partial charge in [0.15, 0.2) is 5.25 Å². The molecule has 0 radical (unpaired) electrons. The molecule has 0 spiro atoms. The highest BCUT2D eigenvalue weighted by atomic mass is 35.5. The number of aliphatic carboxylic acids is 1. The van der Waals surface area contributed by atoms with Crippen molar-refractivity contribution in [3.05, 3.63) is 64.7 Å². The fourth-order valence-electron chi connectivity index (χ4n) is 4.32. The number of sulfonamides is 2. The molecule has 1 heterocycles. The molecule has 1 fully saturated rings. The van der Waals surface area contributed by atoms with Gasteiger partial charge in [-0.25, -0.2) is 21.1 Å². The highest BCUT2D eigenvalue weighted by Crippen LogP contribution is 2.33. The molecule has 11 nitrogen and oxygen atoms in total. The van der Waals surface area contributed by atoms with E-state index in [2.05, 4.69) is 0 Å². The van der Waals surface area contributed by atoms with Crippen LogP contribution in [0.3, 0.4) is 0 Å². The minimum absolute atomic E-state index is 0. The first-order chi connectivity index (χ1) is 18.7. The van der Waals surface area contributed by atoms with E-state index in [-0.39, 0.29) is 48.0 Å². The first-order valence-corrected chi connectivity index (χ1v) is 16.2. The Morgan fingerprint density at radius 1 is 1.22 bits per heavy atom. The van der Waals surface area contributed by atoms with Gasteiger partial charge in [0.05, 0.1) is 23.5 Å². The van der Waals surface area contributed by atoms with Gasteiger partial charge in [-0.2, -0.15) is 0 Å². The molecule has 0 amide bonds. The van der Waals surface area contributed by atoms with Crippen molar-refractivity contribution < 1.29 is 31.5 Å². The zero-order valence-corrected chi connectivity index (χ0v) is 25.8. The maximum Gasteiger partial charge on any atom is 0.323 e. The Hall–Kier alpha value is -2.84. The van der Waals surface area contributed by atoms with Crippen LogP contribution < -0.4 is 14.8 Å². The summed E-state index contributed by atoms with van der Waals surface area (Å²) in [6.45, 7) is 1.94. The number of nitrogens with zero attached hydrogens (tertiary/aromatic N) is 2. The van der Waals surface area contributed by atoms with E-state index in [0.29, 0.717) is 42.8 Å². The van der Waals surface area contributed by atoms with Crippen molar-refractivity contribution in [2.75, 3.05) is 30.2 Å².